The first-order valence-electron chi connectivity index (χ1n) is 8.97. The number of nitrogens with zero attached hydrogens (tertiary/aromatic N) is 1. The molecule has 0 heterocycles. The number of rotatable bonds is 9. The fourth-order valence-corrected chi connectivity index (χ4v) is 4.30. The number of esters is 1. The van der Waals surface area contributed by atoms with Crippen LogP contribution in [0, 0.1) is 0 Å². The molecule has 0 amide bonds. The van der Waals surface area contributed by atoms with E-state index in [-0.39, 0.29) is 22.6 Å². The molecule has 0 radical (unpaired) electrons. The van der Waals surface area contributed by atoms with Gasteiger partial charge in [-0.05, 0) is 63.2 Å². The van der Waals surface area contributed by atoms with Gasteiger partial charge in [-0.1, -0.05) is 11.6 Å². The van der Waals surface area contributed by atoms with Crippen LogP contribution in [0.2, 0.25) is 5.02 Å². The summed E-state index contributed by atoms with van der Waals surface area (Å²) in [5.41, 5.74) is 0.293. The second-order valence-corrected chi connectivity index (χ2v) is 8.54. The summed E-state index contributed by atoms with van der Waals surface area (Å²) in [7, 11) is -2.67. The van der Waals surface area contributed by atoms with Crippen LogP contribution < -0.4 is 13.8 Å². The second kappa shape index (κ2) is 9.84. The second-order valence-electron chi connectivity index (χ2n) is 6.27. The van der Waals surface area contributed by atoms with E-state index in [0.29, 0.717) is 17.2 Å². The van der Waals surface area contributed by atoms with Crippen molar-refractivity contribution >= 4 is 33.3 Å². The highest BCUT2D eigenvalue weighted by atomic mass is 35.5. The molecule has 2 aromatic rings. The van der Waals surface area contributed by atoms with Crippen molar-refractivity contribution in [2.24, 2.45) is 0 Å². The van der Waals surface area contributed by atoms with Gasteiger partial charge in [0.1, 0.15) is 18.0 Å². The van der Waals surface area contributed by atoms with E-state index in [1.54, 1.807) is 31.2 Å². The minimum absolute atomic E-state index is 0.0262. The molecule has 0 atom stereocenters. The molecule has 0 saturated heterocycles. The summed E-state index contributed by atoms with van der Waals surface area (Å²) in [4.78, 5) is 12.0. The maximum atomic E-state index is 13.3. The van der Waals surface area contributed by atoms with Crippen LogP contribution in [0.4, 0.5) is 5.69 Å². The van der Waals surface area contributed by atoms with Crippen molar-refractivity contribution in [2.75, 3.05) is 24.6 Å². The Kier molecular flexibility index (Phi) is 7.75. The number of carbonyl (C=O) groups excluding carboxylic acids is 1. The van der Waals surface area contributed by atoms with Crippen LogP contribution in [0.15, 0.2) is 47.4 Å². The monoisotopic (exact) mass is 441 g/mol. The van der Waals surface area contributed by atoms with Gasteiger partial charge in [0, 0.05) is 0 Å². The fourth-order valence-electron chi connectivity index (χ4n) is 2.54. The van der Waals surface area contributed by atoms with Crippen molar-refractivity contribution in [3.05, 3.63) is 47.5 Å². The summed E-state index contributed by atoms with van der Waals surface area (Å²) in [5.74, 6) is 0.265. The standard InChI is InChI=1S/C20H24ClNO6S/c1-5-27-20(23)13-22(15-6-8-16(9-7-15)28-14(2)3)29(24,25)17-10-11-19(26-4)18(21)12-17/h6-12,14H,5,13H2,1-4H3. The topological polar surface area (TPSA) is 82.1 Å². The molecule has 9 heteroatoms. The van der Waals surface area contributed by atoms with Crippen molar-refractivity contribution in [1.29, 1.82) is 0 Å². The van der Waals surface area contributed by atoms with Crippen LogP contribution >= 0.6 is 11.6 Å². The zero-order valence-corrected chi connectivity index (χ0v) is 18.3. The SMILES string of the molecule is CCOC(=O)CN(c1ccc(OC(C)C)cc1)S(=O)(=O)c1ccc(OC)c(Cl)c1. The molecule has 7 nitrogen and oxygen atoms in total. The number of hydrogen-bond donors (Lipinski definition) is 0. The number of anilines is 1. The molecule has 0 aromatic heterocycles. The van der Waals surface area contributed by atoms with Gasteiger partial charge in [0.2, 0.25) is 0 Å². The number of methoxy groups -OCH3 is 1. The summed E-state index contributed by atoms with van der Waals surface area (Å²) in [5, 5.41) is 0.144. The zero-order valence-electron chi connectivity index (χ0n) is 16.7. The number of ether oxygens (including phenoxy) is 3. The predicted octanol–water partition coefficient (Wildman–Crippen LogP) is 3.89. The molecule has 0 unspecified atom stereocenters. The van der Waals surface area contributed by atoms with Crippen molar-refractivity contribution < 1.29 is 27.4 Å². The van der Waals surface area contributed by atoms with Crippen molar-refractivity contribution in [3.8, 4) is 11.5 Å². The number of hydrogen-bond acceptors (Lipinski definition) is 6. The average molecular weight is 442 g/mol. The third-order valence-electron chi connectivity index (χ3n) is 3.79. The Morgan fingerprint density at radius 1 is 1.14 bits per heavy atom. The number of benzene rings is 2. The van der Waals surface area contributed by atoms with Gasteiger partial charge < -0.3 is 14.2 Å². The highest BCUT2D eigenvalue weighted by Crippen LogP contribution is 2.31. The van der Waals surface area contributed by atoms with E-state index in [9.17, 15) is 13.2 Å². The lowest BCUT2D eigenvalue weighted by Gasteiger charge is -2.24. The lowest BCUT2D eigenvalue weighted by Crippen LogP contribution is -2.36. The zero-order chi connectivity index (χ0) is 21.6. The van der Waals surface area contributed by atoms with Gasteiger partial charge in [-0.3, -0.25) is 9.10 Å². The predicted molar refractivity (Wildman–Crippen MR) is 111 cm³/mol. The van der Waals surface area contributed by atoms with E-state index in [4.69, 9.17) is 25.8 Å². The highest BCUT2D eigenvalue weighted by Gasteiger charge is 2.28. The van der Waals surface area contributed by atoms with Crippen LogP contribution in [0.1, 0.15) is 20.8 Å². The highest BCUT2D eigenvalue weighted by molar-refractivity contribution is 7.92. The van der Waals surface area contributed by atoms with E-state index in [1.165, 1.54) is 25.3 Å². The van der Waals surface area contributed by atoms with E-state index >= 15 is 0 Å². The van der Waals surface area contributed by atoms with E-state index in [0.717, 1.165) is 4.31 Å². The summed E-state index contributed by atoms with van der Waals surface area (Å²) >= 11 is 6.09. The van der Waals surface area contributed by atoms with Crippen molar-refractivity contribution in [2.45, 2.75) is 31.8 Å². The van der Waals surface area contributed by atoms with Crippen molar-refractivity contribution in [1.82, 2.24) is 0 Å². The molecule has 0 bridgehead atoms. The molecular weight excluding hydrogens is 418 g/mol. The van der Waals surface area contributed by atoms with Crippen LogP contribution in [-0.4, -0.2) is 40.8 Å². The normalized spacial score (nSPS) is 11.2. The Bertz CT molecular complexity index is 944. The third kappa shape index (κ3) is 5.77. The molecule has 0 saturated carbocycles. The Morgan fingerprint density at radius 3 is 2.31 bits per heavy atom. The Balaban J connectivity index is 2.46. The lowest BCUT2D eigenvalue weighted by atomic mass is 10.3. The van der Waals surface area contributed by atoms with Gasteiger partial charge in [-0.2, -0.15) is 0 Å². The molecule has 0 fully saturated rings. The lowest BCUT2D eigenvalue weighted by molar-refractivity contribution is -0.141. The maximum Gasteiger partial charge on any atom is 0.326 e. The smallest absolute Gasteiger partial charge is 0.326 e. The third-order valence-corrected chi connectivity index (χ3v) is 5.85. The van der Waals surface area contributed by atoms with Crippen LogP contribution in [0.25, 0.3) is 0 Å². The molecule has 0 aliphatic carbocycles. The number of halogens is 1. The molecule has 0 N–H and O–H groups in total. The molecule has 2 rings (SSSR count). The summed E-state index contributed by atoms with van der Waals surface area (Å²) in [6.07, 6.45) is -0.0262. The van der Waals surface area contributed by atoms with Gasteiger partial charge in [-0.25, -0.2) is 8.42 Å². The quantitative estimate of drug-likeness (QED) is 0.549. The Hall–Kier alpha value is -2.45. The first-order valence-corrected chi connectivity index (χ1v) is 10.8. The van der Waals surface area contributed by atoms with Gasteiger partial charge in [0.15, 0.2) is 0 Å². The van der Waals surface area contributed by atoms with E-state index < -0.39 is 22.5 Å². The molecule has 0 aliphatic rings. The van der Waals surface area contributed by atoms with Crippen LogP contribution in [0.3, 0.4) is 0 Å². The first kappa shape index (κ1) is 22.8. The largest absolute Gasteiger partial charge is 0.495 e. The van der Waals surface area contributed by atoms with Gasteiger partial charge in [0.05, 0.1) is 35.4 Å². The van der Waals surface area contributed by atoms with Gasteiger partial charge in [0.25, 0.3) is 10.0 Å². The first-order chi connectivity index (χ1) is 13.7. The molecule has 2 aromatic carbocycles. The summed E-state index contributed by atoms with van der Waals surface area (Å²) < 4.78 is 43.1. The Labute approximate surface area is 176 Å². The molecule has 0 aliphatic heterocycles. The van der Waals surface area contributed by atoms with Crippen LogP contribution in [0.5, 0.6) is 11.5 Å². The van der Waals surface area contributed by atoms with E-state index in [1.807, 2.05) is 13.8 Å². The summed E-state index contributed by atoms with van der Waals surface area (Å²) in [6.45, 7) is 5.09. The number of carbonyl (C=O) groups is 1. The molecule has 158 valence electrons. The van der Waals surface area contributed by atoms with E-state index in [2.05, 4.69) is 0 Å². The number of sulfonamides is 1. The molecular formula is C20H24ClNO6S. The van der Waals surface area contributed by atoms with Crippen molar-refractivity contribution in [3.63, 3.8) is 0 Å². The van der Waals surface area contributed by atoms with Gasteiger partial charge in [-0.15, -0.1) is 0 Å². The van der Waals surface area contributed by atoms with Crippen LogP contribution in [-0.2, 0) is 19.6 Å². The maximum absolute atomic E-state index is 13.3. The minimum atomic E-state index is -4.10. The Morgan fingerprint density at radius 2 is 1.79 bits per heavy atom. The minimum Gasteiger partial charge on any atom is -0.495 e. The average Bonchev–Trinajstić information content (AvgIpc) is 2.66. The summed E-state index contributed by atoms with van der Waals surface area (Å²) in [6, 6.07) is 10.5. The molecule has 0 spiro atoms. The van der Waals surface area contributed by atoms with Gasteiger partial charge >= 0.3 is 5.97 Å². The fraction of sp³-hybridized carbons (Fsp3) is 0.350. The molecule has 29 heavy (non-hydrogen) atoms.